The van der Waals surface area contributed by atoms with Crippen LogP contribution >= 0.6 is 24.0 Å². The maximum absolute atomic E-state index is 9.93. The van der Waals surface area contributed by atoms with E-state index < -0.39 is 0 Å². The number of aliphatic hydroxyl groups excluding tert-OH is 1. The Labute approximate surface area is 158 Å². The molecule has 23 heavy (non-hydrogen) atoms. The van der Waals surface area contributed by atoms with Crippen LogP contribution in [0.25, 0.3) is 0 Å². The van der Waals surface area contributed by atoms with Crippen molar-refractivity contribution in [2.45, 2.75) is 51.6 Å². The second-order valence-electron chi connectivity index (χ2n) is 6.72. The summed E-state index contributed by atoms with van der Waals surface area (Å²) in [6.45, 7) is 6.60. The average molecular weight is 439 g/mol. The van der Waals surface area contributed by atoms with Gasteiger partial charge in [-0.05, 0) is 44.9 Å². The number of hydrogen-bond donors (Lipinski definition) is 2. The predicted molar refractivity (Wildman–Crippen MR) is 106 cm³/mol. The fourth-order valence-electron chi connectivity index (χ4n) is 3.42. The second-order valence-corrected chi connectivity index (χ2v) is 6.72. The quantitative estimate of drug-likeness (QED) is 0.380. The Morgan fingerprint density at radius 1 is 1.26 bits per heavy atom. The number of nitrogens with one attached hydrogen (secondary N) is 1. The molecule has 0 aromatic rings. The van der Waals surface area contributed by atoms with E-state index in [9.17, 15) is 5.11 Å². The predicted octanol–water partition coefficient (Wildman–Crippen LogP) is 2.48. The Hall–Kier alpha value is -0.0800. The normalized spacial score (nSPS) is 26.0. The van der Waals surface area contributed by atoms with Crippen LogP contribution in [0.4, 0.5) is 0 Å². The molecule has 2 aliphatic rings. The van der Waals surface area contributed by atoms with Crippen molar-refractivity contribution >= 4 is 29.9 Å². The summed E-state index contributed by atoms with van der Waals surface area (Å²) in [6.07, 6.45) is 6.62. The van der Waals surface area contributed by atoms with Crippen molar-refractivity contribution in [3.63, 3.8) is 0 Å². The van der Waals surface area contributed by atoms with Crippen molar-refractivity contribution in [2.24, 2.45) is 16.8 Å². The van der Waals surface area contributed by atoms with E-state index in [2.05, 4.69) is 24.2 Å². The van der Waals surface area contributed by atoms with Crippen LogP contribution in [-0.4, -0.2) is 62.0 Å². The van der Waals surface area contributed by atoms with Crippen LogP contribution in [-0.2, 0) is 4.74 Å². The lowest BCUT2D eigenvalue weighted by Crippen LogP contribution is -2.40. The van der Waals surface area contributed by atoms with E-state index in [-0.39, 0.29) is 30.1 Å². The molecule has 1 saturated carbocycles. The number of aliphatic imine (C=N–C) groups is 1. The van der Waals surface area contributed by atoms with Gasteiger partial charge in [0, 0.05) is 45.8 Å². The Kier molecular flexibility index (Phi) is 10.5. The second kappa shape index (κ2) is 11.5. The average Bonchev–Trinajstić information content (AvgIpc) is 2.95. The number of ether oxygens (including phenoxy) is 1. The molecule has 2 fully saturated rings. The molecule has 6 heteroatoms. The summed E-state index contributed by atoms with van der Waals surface area (Å²) in [4.78, 5) is 6.99. The lowest BCUT2D eigenvalue weighted by molar-refractivity contribution is 0.0625. The van der Waals surface area contributed by atoms with Crippen molar-refractivity contribution in [1.82, 2.24) is 10.2 Å². The van der Waals surface area contributed by atoms with Crippen LogP contribution < -0.4 is 5.32 Å². The molecule has 2 rings (SSSR count). The first kappa shape index (κ1) is 21.0. The first-order valence-electron chi connectivity index (χ1n) is 8.96. The Bertz CT molecular complexity index is 349. The Morgan fingerprint density at radius 3 is 2.61 bits per heavy atom. The SMILES string of the molecule is CCNC(=NCC1CCCC1O)N(C)CCC1CCOCC1.I. The summed E-state index contributed by atoms with van der Waals surface area (Å²) in [5.74, 6) is 2.11. The lowest BCUT2D eigenvalue weighted by atomic mass is 9.96. The molecule has 1 saturated heterocycles. The summed E-state index contributed by atoms with van der Waals surface area (Å²) in [7, 11) is 2.12. The van der Waals surface area contributed by atoms with Crippen LogP contribution in [0.15, 0.2) is 4.99 Å². The number of rotatable bonds is 6. The van der Waals surface area contributed by atoms with E-state index in [1.165, 1.54) is 19.3 Å². The highest BCUT2D eigenvalue weighted by Crippen LogP contribution is 2.25. The smallest absolute Gasteiger partial charge is 0.193 e. The van der Waals surface area contributed by atoms with E-state index in [1.807, 2.05) is 0 Å². The van der Waals surface area contributed by atoms with E-state index in [1.54, 1.807) is 0 Å². The van der Waals surface area contributed by atoms with Gasteiger partial charge in [0.15, 0.2) is 5.96 Å². The van der Waals surface area contributed by atoms with Gasteiger partial charge < -0.3 is 20.1 Å². The molecule has 2 atom stereocenters. The van der Waals surface area contributed by atoms with Crippen molar-refractivity contribution in [1.29, 1.82) is 0 Å². The standard InChI is InChI=1S/C17H33N3O2.HI/c1-3-18-17(19-13-15-5-4-6-16(15)21)20(2)10-7-14-8-11-22-12-9-14;/h14-16,21H,3-13H2,1-2H3,(H,18,19);1H. The highest BCUT2D eigenvalue weighted by atomic mass is 127. The van der Waals surface area contributed by atoms with Crippen LogP contribution in [0.2, 0.25) is 0 Å². The molecule has 0 spiro atoms. The summed E-state index contributed by atoms with van der Waals surface area (Å²) in [5, 5.41) is 13.3. The number of nitrogens with zero attached hydrogens (tertiary/aromatic N) is 2. The van der Waals surface area contributed by atoms with Crippen molar-refractivity contribution < 1.29 is 9.84 Å². The fraction of sp³-hybridized carbons (Fsp3) is 0.941. The van der Waals surface area contributed by atoms with Crippen LogP contribution in [0.1, 0.15) is 45.4 Å². The number of aliphatic hydroxyl groups is 1. The van der Waals surface area contributed by atoms with Crippen LogP contribution in [0.3, 0.4) is 0 Å². The molecular weight excluding hydrogens is 405 g/mol. The molecule has 0 aromatic carbocycles. The van der Waals surface area contributed by atoms with E-state index >= 15 is 0 Å². The van der Waals surface area contributed by atoms with Gasteiger partial charge in [-0.1, -0.05) is 6.42 Å². The van der Waals surface area contributed by atoms with Gasteiger partial charge in [0.25, 0.3) is 0 Å². The molecule has 2 N–H and O–H groups in total. The zero-order valence-electron chi connectivity index (χ0n) is 14.7. The third kappa shape index (κ3) is 7.13. The Morgan fingerprint density at radius 2 is 2.00 bits per heavy atom. The molecule has 136 valence electrons. The molecule has 1 heterocycles. The van der Waals surface area contributed by atoms with Gasteiger partial charge in [0.2, 0.25) is 0 Å². The third-order valence-electron chi connectivity index (χ3n) is 5.00. The molecule has 2 unspecified atom stereocenters. The van der Waals surface area contributed by atoms with Crippen molar-refractivity contribution in [3.05, 3.63) is 0 Å². The molecule has 5 nitrogen and oxygen atoms in total. The van der Waals surface area contributed by atoms with E-state index in [4.69, 9.17) is 9.73 Å². The van der Waals surface area contributed by atoms with Crippen LogP contribution in [0.5, 0.6) is 0 Å². The minimum atomic E-state index is -0.154. The molecule has 0 bridgehead atoms. The summed E-state index contributed by atoms with van der Waals surface area (Å²) >= 11 is 0. The van der Waals surface area contributed by atoms with Gasteiger partial charge >= 0.3 is 0 Å². The molecular formula is C17H34IN3O2. The van der Waals surface area contributed by atoms with Gasteiger partial charge in [0.05, 0.1) is 6.10 Å². The summed E-state index contributed by atoms with van der Waals surface area (Å²) in [5.41, 5.74) is 0. The molecule has 0 aromatic heterocycles. The van der Waals surface area contributed by atoms with Crippen LogP contribution in [0, 0.1) is 11.8 Å². The zero-order chi connectivity index (χ0) is 15.8. The van der Waals surface area contributed by atoms with Gasteiger partial charge in [-0.2, -0.15) is 0 Å². The third-order valence-corrected chi connectivity index (χ3v) is 5.00. The van der Waals surface area contributed by atoms with E-state index in [0.717, 1.165) is 64.0 Å². The first-order valence-corrected chi connectivity index (χ1v) is 8.96. The van der Waals surface area contributed by atoms with Gasteiger partial charge in [-0.25, -0.2) is 0 Å². The number of guanidine groups is 1. The topological polar surface area (TPSA) is 57.1 Å². The van der Waals surface area contributed by atoms with Gasteiger partial charge in [-0.15, -0.1) is 24.0 Å². The fourth-order valence-corrected chi connectivity index (χ4v) is 3.42. The summed E-state index contributed by atoms with van der Waals surface area (Å²) in [6, 6.07) is 0. The summed E-state index contributed by atoms with van der Waals surface area (Å²) < 4.78 is 5.42. The Balaban J connectivity index is 0.00000264. The maximum Gasteiger partial charge on any atom is 0.193 e. The van der Waals surface area contributed by atoms with Crippen molar-refractivity contribution in [2.75, 3.05) is 39.9 Å². The van der Waals surface area contributed by atoms with Gasteiger partial charge in [0.1, 0.15) is 0 Å². The van der Waals surface area contributed by atoms with E-state index in [0.29, 0.717) is 5.92 Å². The largest absolute Gasteiger partial charge is 0.393 e. The zero-order valence-corrected chi connectivity index (χ0v) is 17.0. The van der Waals surface area contributed by atoms with Gasteiger partial charge in [-0.3, -0.25) is 4.99 Å². The number of halogens is 1. The highest BCUT2D eigenvalue weighted by molar-refractivity contribution is 14.0. The number of hydrogen-bond acceptors (Lipinski definition) is 3. The minimum Gasteiger partial charge on any atom is -0.393 e. The monoisotopic (exact) mass is 439 g/mol. The van der Waals surface area contributed by atoms with Crippen molar-refractivity contribution in [3.8, 4) is 0 Å². The lowest BCUT2D eigenvalue weighted by Gasteiger charge is -2.27. The molecule has 1 aliphatic carbocycles. The molecule has 1 aliphatic heterocycles. The highest BCUT2D eigenvalue weighted by Gasteiger charge is 2.25. The molecule has 0 radical (unpaired) electrons. The first-order chi connectivity index (χ1) is 10.7. The molecule has 0 amide bonds. The maximum atomic E-state index is 9.93. The minimum absolute atomic E-state index is 0.